The van der Waals surface area contributed by atoms with Gasteiger partial charge in [0.15, 0.2) is 0 Å². The van der Waals surface area contributed by atoms with Gasteiger partial charge in [-0.05, 0) is 41.3 Å². The zero-order valence-electron chi connectivity index (χ0n) is 11.9. The lowest BCUT2D eigenvalue weighted by molar-refractivity contribution is 0.937. The van der Waals surface area contributed by atoms with Crippen LogP contribution in [0, 0.1) is 6.92 Å². The summed E-state index contributed by atoms with van der Waals surface area (Å²) in [6.45, 7) is 2.15. The summed E-state index contributed by atoms with van der Waals surface area (Å²) in [5.74, 6) is 0. The Morgan fingerprint density at radius 2 is 1.75 bits per heavy atom. The van der Waals surface area contributed by atoms with Crippen LogP contribution in [0.1, 0.15) is 16.7 Å². The summed E-state index contributed by atoms with van der Waals surface area (Å²) in [5, 5.41) is 0. The average molecular weight is 259 g/mol. The van der Waals surface area contributed by atoms with E-state index in [1.807, 2.05) is 0 Å². The van der Waals surface area contributed by atoms with Crippen LogP contribution in [0.2, 0.25) is 0 Å². The number of hydrogen-bond donors (Lipinski definition) is 0. The Bertz CT molecular complexity index is 808. The second-order valence-electron chi connectivity index (χ2n) is 5.72. The number of hydrogen-bond acceptors (Lipinski definition) is 0. The smallest absolute Gasteiger partial charge is 0.0516 e. The molecule has 0 spiro atoms. The van der Waals surface area contributed by atoms with Gasteiger partial charge in [0.2, 0.25) is 0 Å². The standard InChI is InChI=1S/C19H17N/c1-13-4-3-5-14(10-13)15-6-7-16-11-17-8-9-20(2)19(17)18(16)12-15/h3-10,12H,11H2,1-2H3. The van der Waals surface area contributed by atoms with Crippen molar-refractivity contribution in [3.05, 3.63) is 71.4 Å². The first-order valence-electron chi connectivity index (χ1n) is 7.07. The van der Waals surface area contributed by atoms with Crippen molar-refractivity contribution >= 4 is 0 Å². The third kappa shape index (κ3) is 1.63. The van der Waals surface area contributed by atoms with Crippen LogP contribution in [0.3, 0.4) is 0 Å². The molecule has 0 aliphatic heterocycles. The zero-order valence-corrected chi connectivity index (χ0v) is 11.9. The van der Waals surface area contributed by atoms with Crippen LogP contribution in [0.4, 0.5) is 0 Å². The van der Waals surface area contributed by atoms with E-state index in [2.05, 4.69) is 73.3 Å². The van der Waals surface area contributed by atoms with Crippen molar-refractivity contribution in [3.8, 4) is 22.4 Å². The Labute approximate surface area is 119 Å². The molecule has 0 amide bonds. The molecule has 1 aromatic heterocycles. The second-order valence-corrected chi connectivity index (χ2v) is 5.72. The molecule has 0 fully saturated rings. The molecule has 1 aliphatic rings. The van der Waals surface area contributed by atoms with E-state index in [4.69, 9.17) is 0 Å². The van der Waals surface area contributed by atoms with Gasteiger partial charge in [-0.2, -0.15) is 0 Å². The molecule has 1 aliphatic carbocycles. The Hall–Kier alpha value is -2.28. The molecule has 4 rings (SSSR count). The van der Waals surface area contributed by atoms with Gasteiger partial charge in [-0.25, -0.2) is 0 Å². The van der Waals surface area contributed by atoms with Gasteiger partial charge < -0.3 is 4.57 Å². The summed E-state index contributed by atoms with van der Waals surface area (Å²) in [5.41, 5.74) is 9.59. The Balaban J connectivity index is 1.89. The lowest BCUT2D eigenvalue weighted by atomic mass is 9.99. The molecule has 0 saturated heterocycles. The fraction of sp³-hybridized carbons (Fsp3) is 0.158. The fourth-order valence-corrected chi connectivity index (χ4v) is 3.25. The second kappa shape index (κ2) is 4.11. The molecule has 1 heteroatoms. The lowest BCUT2D eigenvalue weighted by Gasteiger charge is -2.08. The van der Waals surface area contributed by atoms with E-state index in [0.717, 1.165) is 6.42 Å². The molecule has 0 radical (unpaired) electrons. The van der Waals surface area contributed by atoms with Gasteiger partial charge in [-0.3, -0.25) is 0 Å². The van der Waals surface area contributed by atoms with Crippen LogP contribution < -0.4 is 0 Å². The molecule has 0 bridgehead atoms. The molecule has 3 aromatic rings. The van der Waals surface area contributed by atoms with E-state index >= 15 is 0 Å². The topological polar surface area (TPSA) is 4.93 Å². The van der Waals surface area contributed by atoms with E-state index < -0.39 is 0 Å². The minimum absolute atomic E-state index is 1.07. The van der Waals surface area contributed by atoms with Gasteiger partial charge >= 0.3 is 0 Å². The summed E-state index contributed by atoms with van der Waals surface area (Å²) < 4.78 is 2.24. The predicted molar refractivity (Wildman–Crippen MR) is 83.8 cm³/mol. The van der Waals surface area contributed by atoms with Gasteiger partial charge in [0.1, 0.15) is 0 Å². The largest absolute Gasteiger partial charge is 0.350 e. The number of benzene rings is 2. The van der Waals surface area contributed by atoms with Crippen LogP contribution in [0.15, 0.2) is 54.7 Å². The molecule has 1 heterocycles. The van der Waals surface area contributed by atoms with Crippen molar-refractivity contribution in [3.63, 3.8) is 0 Å². The summed E-state index contributed by atoms with van der Waals surface area (Å²) in [6, 6.07) is 17.8. The number of nitrogens with zero attached hydrogens (tertiary/aromatic N) is 1. The van der Waals surface area contributed by atoms with E-state index in [9.17, 15) is 0 Å². The quantitative estimate of drug-likeness (QED) is 0.472. The molecule has 0 N–H and O–H groups in total. The van der Waals surface area contributed by atoms with Gasteiger partial charge in [0.25, 0.3) is 0 Å². The molecule has 1 nitrogen and oxygen atoms in total. The predicted octanol–water partition coefficient (Wildman–Crippen LogP) is 4.57. The average Bonchev–Trinajstić information content (AvgIpc) is 2.98. The molecule has 0 unspecified atom stereocenters. The van der Waals surface area contributed by atoms with Crippen LogP contribution in [0.5, 0.6) is 0 Å². The lowest BCUT2D eigenvalue weighted by Crippen LogP contribution is -1.90. The zero-order chi connectivity index (χ0) is 13.7. The molecule has 98 valence electrons. The number of aromatic nitrogens is 1. The molecule has 2 aromatic carbocycles. The van der Waals surface area contributed by atoms with E-state index in [1.54, 1.807) is 0 Å². The first-order valence-corrected chi connectivity index (χ1v) is 7.07. The number of aryl methyl sites for hydroxylation is 2. The van der Waals surface area contributed by atoms with Crippen molar-refractivity contribution < 1.29 is 0 Å². The maximum Gasteiger partial charge on any atom is 0.0516 e. The Morgan fingerprint density at radius 1 is 0.900 bits per heavy atom. The number of fused-ring (bicyclic) bond motifs is 3. The molecule has 0 atom stereocenters. The summed E-state index contributed by atoms with van der Waals surface area (Å²) in [7, 11) is 2.13. The van der Waals surface area contributed by atoms with Crippen molar-refractivity contribution in [2.75, 3.05) is 0 Å². The van der Waals surface area contributed by atoms with E-state index in [1.165, 1.54) is 39.1 Å². The molecule has 0 saturated carbocycles. The highest BCUT2D eigenvalue weighted by atomic mass is 14.9. The maximum absolute atomic E-state index is 2.34. The van der Waals surface area contributed by atoms with Crippen LogP contribution in [-0.4, -0.2) is 4.57 Å². The monoisotopic (exact) mass is 259 g/mol. The van der Waals surface area contributed by atoms with Gasteiger partial charge in [0.05, 0.1) is 5.69 Å². The van der Waals surface area contributed by atoms with Crippen molar-refractivity contribution in [2.45, 2.75) is 13.3 Å². The Kier molecular flexibility index (Phi) is 2.37. The van der Waals surface area contributed by atoms with Gasteiger partial charge in [0, 0.05) is 25.2 Å². The van der Waals surface area contributed by atoms with E-state index in [-0.39, 0.29) is 0 Å². The summed E-state index contributed by atoms with van der Waals surface area (Å²) in [4.78, 5) is 0. The van der Waals surface area contributed by atoms with Gasteiger partial charge in [-0.1, -0.05) is 42.0 Å². The normalized spacial score (nSPS) is 12.3. The minimum atomic E-state index is 1.07. The van der Waals surface area contributed by atoms with Gasteiger partial charge in [-0.15, -0.1) is 0 Å². The van der Waals surface area contributed by atoms with Crippen molar-refractivity contribution in [1.29, 1.82) is 0 Å². The van der Waals surface area contributed by atoms with Crippen molar-refractivity contribution in [2.24, 2.45) is 7.05 Å². The first-order chi connectivity index (χ1) is 9.72. The summed E-state index contributed by atoms with van der Waals surface area (Å²) >= 11 is 0. The molecule has 20 heavy (non-hydrogen) atoms. The highest BCUT2D eigenvalue weighted by Gasteiger charge is 2.21. The fourth-order valence-electron chi connectivity index (χ4n) is 3.25. The molecular formula is C19H17N. The van der Waals surface area contributed by atoms with Crippen LogP contribution in [0.25, 0.3) is 22.4 Å². The highest BCUT2D eigenvalue weighted by molar-refractivity contribution is 5.80. The maximum atomic E-state index is 2.34. The highest BCUT2D eigenvalue weighted by Crippen LogP contribution is 2.39. The third-order valence-electron chi connectivity index (χ3n) is 4.25. The third-order valence-corrected chi connectivity index (χ3v) is 4.25. The van der Waals surface area contributed by atoms with E-state index in [0.29, 0.717) is 0 Å². The minimum Gasteiger partial charge on any atom is -0.350 e. The number of rotatable bonds is 1. The first kappa shape index (κ1) is 11.5. The van der Waals surface area contributed by atoms with Crippen molar-refractivity contribution in [1.82, 2.24) is 4.57 Å². The molecular weight excluding hydrogens is 242 g/mol. The Morgan fingerprint density at radius 3 is 2.60 bits per heavy atom. The van der Waals surface area contributed by atoms with Crippen LogP contribution in [-0.2, 0) is 13.5 Å². The summed E-state index contributed by atoms with van der Waals surface area (Å²) in [6.07, 6.45) is 3.23. The SMILES string of the molecule is Cc1cccc(-c2ccc3c(c2)-c2c(ccn2C)C3)c1. The van der Waals surface area contributed by atoms with Crippen LogP contribution >= 0.6 is 0 Å².